The summed E-state index contributed by atoms with van der Waals surface area (Å²) in [6, 6.07) is 0. The van der Waals surface area contributed by atoms with Gasteiger partial charge in [0.1, 0.15) is 0 Å². The Morgan fingerprint density at radius 3 is 2.67 bits per heavy atom. The lowest BCUT2D eigenvalue weighted by molar-refractivity contribution is 0.176. The van der Waals surface area contributed by atoms with Crippen molar-refractivity contribution in [2.45, 2.75) is 25.3 Å². The van der Waals surface area contributed by atoms with Gasteiger partial charge in [0.2, 0.25) is 0 Å². The highest BCUT2D eigenvalue weighted by atomic mass is 16.3. The number of aliphatic hydroxyl groups excluding tert-OH is 1. The Bertz CT molecular complexity index is 185. The molecule has 1 aliphatic rings. The summed E-state index contributed by atoms with van der Waals surface area (Å²) < 4.78 is 0. The van der Waals surface area contributed by atoms with Crippen molar-refractivity contribution in [1.29, 1.82) is 0 Å². The zero-order chi connectivity index (χ0) is 11.3. The van der Waals surface area contributed by atoms with Crippen molar-refractivity contribution in [3.05, 3.63) is 0 Å². The molecule has 1 saturated heterocycles. The molecule has 1 rings (SSSR count). The molecule has 90 valence electrons. The number of hydrogen-bond donors (Lipinski definition) is 2. The minimum absolute atomic E-state index is 0.0702. The second kappa shape index (κ2) is 5.80. The molecule has 0 aromatic heterocycles. The molecule has 0 saturated carbocycles. The van der Waals surface area contributed by atoms with Crippen molar-refractivity contribution < 1.29 is 5.11 Å². The maximum absolute atomic E-state index is 9.07. The van der Waals surface area contributed by atoms with Crippen molar-refractivity contribution in [3.63, 3.8) is 0 Å². The van der Waals surface area contributed by atoms with Crippen LogP contribution in [0.3, 0.4) is 0 Å². The van der Waals surface area contributed by atoms with Crippen LogP contribution in [-0.4, -0.2) is 66.8 Å². The first-order valence-corrected chi connectivity index (χ1v) is 5.84. The lowest BCUT2D eigenvalue weighted by atomic mass is 10.0. The second-order valence-electron chi connectivity index (χ2n) is 5.06. The molecule has 0 aromatic rings. The van der Waals surface area contributed by atoms with Gasteiger partial charge in [0.15, 0.2) is 0 Å². The standard InChI is InChI=1S/C11H25N3O/c1-11(12,10-15)4-7-14-6-3-5-13(2)8-9-14/h15H,3-10,12H2,1-2H3. The molecule has 4 heteroatoms. The Hall–Kier alpha value is -0.160. The minimum atomic E-state index is -0.418. The Kier molecular flexibility index (Phi) is 4.99. The highest BCUT2D eigenvalue weighted by Crippen LogP contribution is 2.08. The maximum atomic E-state index is 9.07. The molecule has 0 bridgehead atoms. The van der Waals surface area contributed by atoms with E-state index >= 15 is 0 Å². The van der Waals surface area contributed by atoms with Crippen LogP contribution < -0.4 is 5.73 Å². The van der Waals surface area contributed by atoms with Crippen LogP contribution in [-0.2, 0) is 0 Å². The zero-order valence-electron chi connectivity index (χ0n) is 10.1. The van der Waals surface area contributed by atoms with Crippen molar-refractivity contribution in [2.24, 2.45) is 5.73 Å². The van der Waals surface area contributed by atoms with Gasteiger partial charge in [0, 0.05) is 25.2 Å². The van der Waals surface area contributed by atoms with Crippen LogP contribution in [0.5, 0.6) is 0 Å². The third kappa shape index (κ3) is 4.93. The van der Waals surface area contributed by atoms with Crippen molar-refractivity contribution in [2.75, 3.05) is 46.4 Å². The van der Waals surface area contributed by atoms with Gasteiger partial charge >= 0.3 is 0 Å². The Labute approximate surface area is 93.0 Å². The lowest BCUT2D eigenvalue weighted by Gasteiger charge is -2.27. The van der Waals surface area contributed by atoms with Gasteiger partial charge in [-0.25, -0.2) is 0 Å². The van der Waals surface area contributed by atoms with Gasteiger partial charge in [-0.15, -0.1) is 0 Å². The summed E-state index contributed by atoms with van der Waals surface area (Å²) in [5.74, 6) is 0. The number of hydrogen-bond acceptors (Lipinski definition) is 4. The van der Waals surface area contributed by atoms with Crippen LogP contribution >= 0.6 is 0 Å². The van der Waals surface area contributed by atoms with E-state index in [1.165, 1.54) is 13.0 Å². The Morgan fingerprint density at radius 2 is 2.00 bits per heavy atom. The molecule has 1 heterocycles. The summed E-state index contributed by atoms with van der Waals surface area (Å²) in [5, 5.41) is 9.07. The zero-order valence-corrected chi connectivity index (χ0v) is 10.1. The third-order valence-electron chi connectivity index (χ3n) is 3.17. The molecule has 1 fully saturated rings. The summed E-state index contributed by atoms with van der Waals surface area (Å²) >= 11 is 0. The van der Waals surface area contributed by atoms with Gasteiger partial charge in [0.25, 0.3) is 0 Å². The van der Waals surface area contributed by atoms with E-state index in [2.05, 4.69) is 16.8 Å². The molecule has 0 spiro atoms. The number of aliphatic hydroxyl groups is 1. The average molecular weight is 215 g/mol. The summed E-state index contributed by atoms with van der Waals surface area (Å²) in [5.41, 5.74) is 5.49. The average Bonchev–Trinajstić information content (AvgIpc) is 2.40. The van der Waals surface area contributed by atoms with Crippen LogP contribution in [0.2, 0.25) is 0 Å². The molecular weight excluding hydrogens is 190 g/mol. The molecule has 0 radical (unpaired) electrons. The minimum Gasteiger partial charge on any atom is -0.394 e. The summed E-state index contributed by atoms with van der Waals surface area (Å²) in [7, 11) is 2.17. The van der Waals surface area contributed by atoms with E-state index in [1.54, 1.807) is 0 Å². The fraction of sp³-hybridized carbons (Fsp3) is 1.00. The van der Waals surface area contributed by atoms with Gasteiger partial charge in [0.05, 0.1) is 6.61 Å². The van der Waals surface area contributed by atoms with Crippen molar-refractivity contribution in [1.82, 2.24) is 9.80 Å². The van der Waals surface area contributed by atoms with E-state index in [1.807, 2.05) is 6.92 Å². The largest absolute Gasteiger partial charge is 0.394 e. The molecular formula is C11H25N3O. The van der Waals surface area contributed by atoms with E-state index in [9.17, 15) is 0 Å². The van der Waals surface area contributed by atoms with E-state index in [0.717, 1.165) is 32.6 Å². The Balaban J connectivity index is 2.26. The molecule has 1 atom stereocenters. The van der Waals surface area contributed by atoms with Gasteiger partial charge in [-0.2, -0.15) is 0 Å². The van der Waals surface area contributed by atoms with Gasteiger partial charge in [-0.3, -0.25) is 0 Å². The van der Waals surface area contributed by atoms with Crippen LogP contribution in [0.1, 0.15) is 19.8 Å². The van der Waals surface area contributed by atoms with Gasteiger partial charge < -0.3 is 20.6 Å². The molecule has 1 unspecified atom stereocenters. The van der Waals surface area contributed by atoms with Crippen LogP contribution in [0.15, 0.2) is 0 Å². The van der Waals surface area contributed by atoms with Crippen LogP contribution in [0.4, 0.5) is 0 Å². The second-order valence-corrected chi connectivity index (χ2v) is 5.06. The summed E-state index contributed by atoms with van der Waals surface area (Å²) in [6.07, 6.45) is 2.10. The molecule has 1 aliphatic heterocycles. The fourth-order valence-corrected chi connectivity index (χ4v) is 1.82. The first-order chi connectivity index (χ1) is 7.03. The number of nitrogens with two attached hydrogens (primary N) is 1. The normalized spacial score (nSPS) is 24.8. The van der Waals surface area contributed by atoms with E-state index < -0.39 is 5.54 Å². The summed E-state index contributed by atoms with van der Waals surface area (Å²) in [4.78, 5) is 4.82. The molecule has 15 heavy (non-hydrogen) atoms. The molecule has 3 N–H and O–H groups in total. The number of rotatable bonds is 4. The van der Waals surface area contributed by atoms with Crippen molar-refractivity contribution >= 4 is 0 Å². The lowest BCUT2D eigenvalue weighted by Crippen LogP contribution is -2.44. The van der Waals surface area contributed by atoms with E-state index in [4.69, 9.17) is 10.8 Å². The van der Waals surface area contributed by atoms with E-state index in [-0.39, 0.29) is 6.61 Å². The monoisotopic (exact) mass is 215 g/mol. The summed E-state index contributed by atoms with van der Waals surface area (Å²) in [6.45, 7) is 7.60. The smallest absolute Gasteiger partial charge is 0.0608 e. The fourth-order valence-electron chi connectivity index (χ4n) is 1.82. The quantitative estimate of drug-likeness (QED) is 0.677. The first kappa shape index (κ1) is 12.9. The highest BCUT2D eigenvalue weighted by molar-refractivity contribution is 4.79. The highest BCUT2D eigenvalue weighted by Gasteiger charge is 2.19. The predicted molar refractivity (Wildman–Crippen MR) is 62.8 cm³/mol. The van der Waals surface area contributed by atoms with Crippen LogP contribution in [0, 0.1) is 0 Å². The van der Waals surface area contributed by atoms with Crippen molar-refractivity contribution in [3.8, 4) is 0 Å². The SMILES string of the molecule is CN1CCCN(CCC(C)(N)CO)CC1. The predicted octanol–water partition coefficient (Wildman–Crippen LogP) is -0.276. The maximum Gasteiger partial charge on any atom is 0.0608 e. The Morgan fingerprint density at radius 1 is 1.27 bits per heavy atom. The van der Waals surface area contributed by atoms with Crippen LogP contribution in [0.25, 0.3) is 0 Å². The van der Waals surface area contributed by atoms with Gasteiger partial charge in [-0.1, -0.05) is 0 Å². The number of nitrogens with zero attached hydrogens (tertiary/aromatic N) is 2. The molecule has 0 aromatic carbocycles. The number of likely N-dealkylation sites (N-methyl/N-ethyl adjacent to an activating group) is 1. The first-order valence-electron chi connectivity index (χ1n) is 5.84. The third-order valence-corrected chi connectivity index (χ3v) is 3.17. The molecule has 0 amide bonds. The molecule has 0 aliphatic carbocycles. The van der Waals surface area contributed by atoms with Gasteiger partial charge in [-0.05, 0) is 39.9 Å². The topological polar surface area (TPSA) is 52.7 Å². The molecule has 4 nitrogen and oxygen atoms in total. The van der Waals surface area contributed by atoms with E-state index in [0.29, 0.717) is 0 Å².